The number of hydrogen-bond acceptors (Lipinski definition) is 2. The molecule has 0 bridgehead atoms. The lowest BCUT2D eigenvalue weighted by Gasteiger charge is -2.24. The van der Waals surface area contributed by atoms with Crippen LogP contribution in [-0.4, -0.2) is 9.55 Å². The van der Waals surface area contributed by atoms with Crippen molar-refractivity contribution in [2.24, 2.45) is 11.7 Å². The van der Waals surface area contributed by atoms with Gasteiger partial charge in [0.2, 0.25) is 0 Å². The minimum absolute atomic E-state index is 0.0127. The van der Waals surface area contributed by atoms with Crippen LogP contribution in [0.2, 0.25) is 0 Å². The first-order chi connectivity index (χ1) is 10.3. The highest BCUT2D eigenvalue weighted by molar-refractivity contribution is 5.19. The van der Waals surface area contributed by atoms with Crippen LogP contribution in [0.4, 0.5) is 0 Å². The molecule has 0 aliphatic heterocycles. The molecule has 1 fully saturated rings. The van der Waals surface area contributed by atoms with Crippen molar-refractivity contribution < 1.29 is 0 Å². The number of rotatable bonds is 5. The first-order valence-corrected chi connectivity index (χ1v) is 8.07. The van der Waals surface area contributed by atoms with Crippen molar-refractivity contribution in [3.63, 3.8) is 0 Å². The lowest BCUT2D eigenvalue weighted by molar-refractivity contribution is 0.348. The van der Waals surface area contributed by atoms with E-state index in [1.807, 2.05) is 18.6 Å². The summed E-state index contributed by atoms with van der Waals surface area (Å²) in [4.78, 5) is 4.36. The molecule has 0 amide bonds. The Kier molecular flexibility index (Phi) is 4.39. The van der Waals surface area contributed by atoms with E-state index < -0.39 is 0 Å². The molecule has 3 heteroatoms. The Morgan fingerprint density at radius 1 is 1.24 bits per heavy atom. The van der Waals surface area contributed by atoms with E-state index in [-0.39, 0.29) is 6.04 Å². The Morgan fingerprint density at radius 3 is 2.67 bits per heavy atom. The quantitative estimate of drug-likeness (QED) is 0.905. The Labute approximate surface area is 127 Å². The van der Waals surface area contributed by atoms with Crippen LogP contribution in [0.3, 0.4) is 0 Å². The van der Waals surface area contributed by atoms with Crippen molar-refractivity contribution in [1.29, 1.82) is 0 Å². The summed E-state index contributed by atoms with van der Waals surface area (Å²) in [5.41, 5.74) is 8.90. The third-order valence-corrected chi connectivity index (χ3v) is 4.90. The van der Waals surface area contributed by atoms with Crippen LogP contribution in [0.5, 0.6) is 0 Å². The summed E-state index contributed by atoms with van der Waals surface area (Å²) in [5, 5.41) is 0. The van der Waals surface area contributed by atoms with Gasteiger partial charge in [0.05, 0.1) is 18.1 Å². The van der Waals surface area contributed by atoms with E-state index in [1.165, 1.54) is 36.9 Å². The van der Waals surface area contributed by atoms with Crippen molar-refractivity contribution >= 4 is 0 Å². The molecular formula is C18H25N3. The number of nitrogens with zero attached hydrogens (tertiary/aromatic N) is 2. The summed E-state index contributed by atoms with van der Waals surface area (Å²) in [5.74, 6) is 0.780. The lowest BCUT2D eigenvalue weighted by atomic mass is 9.98. The zero-order chi connectivity index (χ0) is 14.7. The first-order valence-electron chi connectivity index (χ1n) is 8.07. The molecule has 2 atom stereocenters. The summed E-state index contributed by atoms with van der Waals surface area (Å²) in [7, 11) is 0. The molecule has 3 rings (SSSR count). The summed E-state index contributed by atoms with van der Waals surface area (Å²) >= 11 is 0. The molecule has 1 unspecified atom stereocenters. The molecule has 1 aliphatic rings. The van der Waals surface area contributed by atoms with Crippen LogP contribution in [0, 0.1) is 5.92 Å². The van der Waals surface area contributed by atoms with Crippen molar-refractivity contribution in [2.75, 3.05) is 0 Å². The van der Waals surface area contributed by atoms with E-state index in [4.69, 9.17) is 5.73 Å². The van der Waals surface area contributed by atoms with Gasteiger partial charge in [-0.2, -0.15) is 0 Å². The zero-order valence-corrected chi connectivity index (χ0v) is 12.8. The molecule has 0 spiro atoms. The maximum atomic E-state index is 6.45. The Bertz CT molecular complexity index is 555. The van der Waals surface area contributed by atoms with E-state index in [0.29, 0.717) is 6.04 Å². The lowest BCUT2D eigenvalue weighted by Crippen LogP contribution is -2.22. The number of imidazole rings is 1. The van der Waals surface area contributed by atoms with Crippen molar-refractivity contribution in [3.8, 4) is 0 Å². The van der Waals surface area contributed by atoms with Gasteiger partial charge in [-0.05, 0) is 37.7 Å². The first kappa shape index (κ1) is 14.3. The molecular weight excluding hydrogens is 258 g/mol. The second kappa shape index (κ2) is 6.44. The van der Waals surface area contributed by atoms with Crippen LogP contribution in [0.1, 0.15) is 55.9 Å². The summed E-state index contributed by atoms with van der Waals surface area (Å²) in [6, 6.07) is 11.0. The molecule has 112 valence electrons. The zero-order valence-electron chi connectivity index (χ0n) is 12.8. The third kappa shape index (κ3) is 3.18. The van der Waals surface area contributed by atoms with Crippen LogP contribution >= 0.6 is 0 Å². The normalized spacial score (nSPS) is 18.8. The molecule has 1 heterocycles. The predicted molar refractivity (Wildman–Crippen MR) is 86.0 cm³/mol. The maximum absolute atomic E-state index is 6.45. The predicted octanol–water partition coefficient (Wildman–Crippen LogP) is 3.88. The van der Waals surface area contributed by atoms with Crippen LogP contribution < -0.4 is 5.73 Å². The molecule has 1 aromatic carbocycles. The fourth-order valence-corrected chi connectivity index (χ4v) is 3.58. The number of hydrogen-bond donors (Lipinski definition) is 1. The van der Waals surface area contributed by atoms with Gasteiger partial charge in [-0.25, -0.2) is 4.98 Å². The van der Waals surface area contributed by atoms with Crippen molar-refractivity contribution in [3.05, 3.63) is 54.1 Å². The van der Waals surface area contributed by atoms with Gasteiger partial charge in [-0.1, -0.05) is 43.2 Å². The van der Waals surface area contributed by atoms with Gasteiger partial charge in [-0.15, -0.1) is 0 Å². The van der Waals surface area contributed by atoms with Crippen molar-refractivity contribution in [2.45, 2.75) is 51.1 Å². The van der Waals surface area contributed by atoms with Crippen molar-refractivity contribution in [1.82, 2.24) is 9.55 Å². The minimum atomic E-state index is 0.0127. The fraction of sp³-hybridized carbons (Fsp3) is 0.500. The molecule has 2 N–H and O–H groups in total. The summed E-state index contributed by atoms with van der Waals surface area (Å²) < 4.78 is 2.31. The number of benzene rings is 1. The van der Waals surface area contributed by atoms with Gasteiger partial charge in [0.25, 0.3) is 0 Å². The molecule has 0 radical (unpaired) electrons. The molecule has 1 saturated carbocycles. The third-order valence-electron chi connectivity index (χ3n) is 4.90. The average molecular weight is 283 g/mol. The Morgan fingerprint density at radius 2 is 1.95 bits per heavy atom. The largest absolute Gasteiger partial charge is 0.330 e. The van der Waals surface area contributed by atoms with E-state index in [1.54, 1.807) is 0 Å². The van der Waals surface area contributed by atoms with Crippen LogP contribution in [0.15, 0.2) is 42.9 Å². The molecule has 21 heavy (non-hydrogen) atoms. The summed E-state index contributed by atoms with van der Waals surface area (Å²) in [6.07, 6.45) is 10.2. The summed E-state index contributed by atoms with van der Waals surface area (Å²) in [6.45, 7) is 2.32. The van der Waals surface area contributed by atoms with Gasteiger partial charge in [0.15, 0.2) is 0 Å². The SMILES string of the molecule is CC(C1CCCC1)n1cncc1[C@H](N)Cc1ccccc1. The molecule has 1 aromatic heterocycles. The highest BCUT2D eigenvalue weighted by Crippen LogP contribution is 2.35. The standard InChI is InChI=1S/C18H25N3/c1-14(16-9-5-6-10-16)21-13-20-12-18(21)17(19)11-15-7-3-2-4-8-15/h2-4,7-8,12-14,16-17H,5-6,9-11,19H2,1H3/t14?,17-/m1/s1. The second-order valence-electron chi connectivity index (χ2n) is 6.31. The molecule has 3 nitrogen and oxygen atoms in total. The highest BCUT2D eigenvalue weighted by Gasteiger charge is 2.25. The van der Waals surface area contributed by atoms with E-state index >= 15 is 0 Å². The van der Waals surface area contributed by atoms with Gasteiger partial charge in [0, 0.05) is 12.2 Å². The van der Waals surface area contributed by atoms with Crippen LogP contribution in [0.25, 0.3) is 0 Å². The fourth-order valence-electron chi connectivity index (χ4n) is 3.58. The Balaban J connectivity index is 1.75. The average Bonchev–Trinajstić information content (AvgIpc) is 3.19. The minimum Gasteiger partial charge on any atom is -0.330 e. The van der Waals surface area contributed by atoms with E-state index in [2.05, 4.69) is 40.7 Å². The van der Waals surface area contributed by atoms with Gasteiger partial charge in [0.1, 0.15) is 0 Å². The molecule has 2 aromatic rings. The number of aromatic nitrogens is 2. The van der Waals surface area contributed by atoms with Gasteiger partial charge in [-0.3, -0.25) is 0 Å². The second-order valence-corrected chi connectivity index (χ2v) is 6.31. The van der Waals surface area contributed by atoms with Gasteiger partial charge >= 0.3 is 0 Å². The number of nitrogens with two attached hydrogens (primary N) is 1. The monoisotopic (exact) mass is 283 g/mol. The molecule has 0 saturated heterocycles. The van der Waals surface area contributed by atoms with Gasteiger partial charge < -0.3 is 10.3 Å². The topological polar surface area (TPSA) is 43.8 Å². The maximum Gasteiger partial charge on any atom is 0.0951 e. The van der Waals surface area contributed by atoms with E-state index in [0.717, 1.165) is 12.3 Å². The van der Waals surface area contributed by atoms with Crippen LogP contribution in [-0.2, 0) is 6.42 Å². The smallest absolute Gasteiger partial charge is 0.0951 e. The molecule has 1 aliphatic carbocycles. The highest BCUT2D eigenvalue weighted by atomic mass is 15.1. The van der Waals surface area contributed by atoms with E-state index in [9.17, 15) is 0 Å². The Hall–Kier alpha value is -1.61.